The van der Waals surface area contributed by atoms with Gasteiger partial charge in [0.05, 0.1) is 6.04 Å². The zero-order valence-electron chi connectivity index (χ0n) is 11.7. The Bertz CT molecular complexity index is 452. The van der Waals surface area contributed by atoms with Gasteiger partial charge in [-0.15, -0.1) is 11.3 Å². The van der Waals surface area contributed by atoms with E-state index >= 15 is 0 Å². The summed E-state index contributed by atoms with van der Waals surface area (Å²) in [7, 11) is 0. The van der Waals surface area contributed by atoms with Crippen molar-refractivity contribution in [3.05, 3.63) is 22.4 Å². The third-order valence-electron chi connectivity index (χ3n) is 3.12. The van der Waals surface area contributed by atoms with Crippen LogP contribution in [-0.4, -0.2) is 17.0 Å². The molecular weight excluding hydrogens is 262 g/mol. The zero-order chi connectivity index (χ0) is 14.6. The van der Waals surface area contributed by atoms with Crippen LogP contribution in [0.15, 0.2) is 22.7 Å². The molecule has 0 fully saturated rings. The highest BCUT2D eigenvalue weighted by Gasteiger charge is 2.35. The van der Waals surface area contributed by atoms with Crippen molar-refractivity contribution < 1.29 is 10.0 Å². The van der Waals surface area contributed by atoms with E-state index in [4.69, 9.17) is 10.9 Å². The normalized spacial score (nSPS) is 14.5. The number of thiophene rings is 1. The first-order chi connectivity index (χ1) is 8.80. The molecule has 0 aromatic carbocycles. The number of amides is 1. The molecule has 1 heterocycles. The summed E-state index contributed by atoms with van der Waals surface area (Å²) in [6.07, 6.45) is 0. The first kappa shape index (κ1) is 15.5. The lowest BCUT2D eigenvalue weighted by atomic mass is 9.89. The van der Waals surface area contributed by atoms with E-state index in [1.54, 1.807) is 25.2 Å². The Morgan fingerprint density at radius 2 is 2.16 bits per heavy atom. The summed E-state index contributed by atoms with van der Waals surface area (Å²) in [6.45, 7) is 7.34. The van der Waals surface area contributed by atoms with Gasteiger partial charge in [-0.2, -0.15) is 0 Å². The minimum Gasteiger partial charge on any atom is -0.409 e. The third-order valence-corrected chi connectivity index (χ3v) is 4.07. The molecule has 1 atom stereocenters. The van der Waals surface area contributed by atoms with Gasteiger partial charge >= 0.3 is 0 Å². The van der Waals surface area contributed by atoms with Gasteiger partial charge in [0, 0.05) is 4.88 Å². The van der Waals surface area contributed by atoms with Gasteiger partial charge in [0.25, 0.3) is 0 Å². The van der Waals surface area contributed by atoms with Gasteiger partial charge in [0.1, 0.15) is 5.41 Å². The zero-order valence-corrected chi connectivity index (χ0v) is 12.5. The maximum absolute atomic E-state index is 12.3. The van der Waals surface area contributed by atoms with Crippen LogP contribution < -0.4 is 11.1 Å². The molecule has 0 saturated heterocycles. The molecule has 6 heteroatoms. The Kier molecular flexibility index (Phi) is 4.94. The van der Waals surface area contributed by atoms with Crippen LogP contribution in [0.1, 0.15) is 38.6 Å². The summed E-state index contributed by atoms with van der Waals surface area (Å²) in [6, 6.07) is 3.88. The SMILES string of the molecule is CC(C)C(NC(=O)C(C)(C)C(N)=NO)c1cccs1. The van der Waals surface area contributed by atoms with E-state index < -0.39 is 5.41 Å². The van der Waals surface area contributed by atoms with Crippen molar-refractivity contribution in [1.29, 1.82) is 0 Å². The summed E-state index contributed by atoms with van der Waals surface area (Å²) in [5, 5.41) is 16.6. The fourth-order valence-corrected chi connectivity index (χ4v) is 2.55. The molecule has 0 aliphatic carbocycles. The van der Waals surface area contributed by atoms with E-state index in [0.717, 1.165) is 4.88 Å². The summed E-state index contributed by atoms with van der Waals surface area (Å²) < 4.78 is 0. The number of nitrogens with zero attached hydrogens (tertiary/aromatic N) is 1. The quantitative estimate of drug-likeness (QED) is 0.335. The van der Waals surface area contributed by atoms with Crippen LogP contribution in [0.25, 0.3) is 0 Å². The molecule has 0 aliphatic rings. The Morgan fingerprint density at radius 3 is 2.58 bits per heavy atom. The summed E-state index contributed by atoms with van der Waals surface area (Å²) >= 11 is 1.60. The molecule has 4 N–H and O–H groups in total. The van der Waals surface area contributed by atoms with Gasteiger partial charge < -0.3 is 16.3 Å². The van der Waals surface area contributed by atoms with Crippen molar-refractivity contribution in [1.82, 2.24) is 5.32 Å². The maximum Gasteiger partial charge on any atom is 0.233 e. The molecule has 1 aromatic rings. The number of carbonyl (C=O) groups excluding carboxylic acids is 1. The summed E-state index contributed by atoms with van der Waals surface area (Å²) in [5.74, 6) is -0.0979. The van der Waals surface area contributed by atoms with Crippen LogP contribution in [0.4, 0.5) is 0 Å². The predicted molar refractivity (Wildman–Crippen MR) is 77.2 cm³/mol. The fraction of sp³-hybridized carbons (Fsp3) is 0.538. The van der Waals surface area contributed by atoms with Crippen LogP contribution in [0, 0.1) is 11.3 Å². The first-order valence-electron chi connectivity index (χ1n) is 6.13. The highest BCUT2D eigenvalue weighted by Crippen LogP contribution is 2.27. The number of hydrogen-bond acceptors (Lipinski definition) is 4. The smallest absolute Gasteiger partial charge is 0.233 e. The number of oxime groups is 1. The van der Waals surface area contributed by atoms with Crippen molar-refractivity contribution >= 4 is 23.1 Å². The number of nitrogens with one attached hydrogen (secondary N) is 1. The van der Waals surface area contributed by atoms with E-state index in [9.17, 15) is 4.79 Å². The highest BCUT2D eigenvalue weighted by molar-refractivity contribution is 7.10. The predicted octanol–water partition coefficient (Wildman–Crippen LogP) is 2.33. The van der Waals surface area contributed by atoms with Crippen molar-refractivity contribution in [2.75, 3.05) is 0 Å². The summed E-state index contributed by atoms with van der Waals surface area (Å²) in [5.41, 5.74) is 4.52. The van der Waals surface area contributed by atoms with Gasteiger partial charge in [-0.05, 0) is 31.2 Å². The number of hydrogen-bond donors (Lipinski definition) is 3. The molecule has 0 radical (unpaired) electrons. The molecule has 1 aromatic heterocycles. The Balaban J connectivity index is 2.90. The van der Waals surface area contributed by atoms with E-state index in [1.165, 1.54) is 0 Å². The number of rotatable bonds is 5. The molecule has 1 amide bonds. The first-order valence-corrected chi connectivity index (χ1v) is 7.01. The molecule has 5 nitrogen and oxygen atoms in total. The van der Waals surface area contributed by atoms with Gasteiger partial charge in [-0.3, -0.25) is 4.79 Å². The van der Waals surface area contributed by atoms with Gasteiger partial charge in [-0.25, -0.2) is 0 Å². The second kappa shape index (κ2) is 6.06. The molecule has 0 spiro atoms. The Morgan fingerprint density at radius 1 is 1.53 bits per heavy atom. The van der Waals surface area contributed by atoms with Crippen LogP contribution >= 0.6 is 11.3 Å². The second-order valence-corrected chi connectivity index (χ2v) is 6.30. The number of carbonyl (C=O) groups is 1. The Labute approximate surface area is 117 Å². The topological polar surface area (TPSA) is 87.7 Å². The monoisotopic (exact) mass is 283 g/mol. The van der Waals surface area contributed by atoms with Gasteiger partial charge in [0.2, 0.25) is 5.91 Å². The van der Waals surface area contributed by atoms with Crippen LogP contribution in [0.5, 0.6) is 0 Å². The minimum absolute atomic E-state index is 0.0710. The molecule has 19 heavy (non-hydrogen) atoms. The summed E-state index contributed by atoms with van der Waals surface area (Å²) in [4.78, 5) is 13.4. The lowest BCUT2D eigenvalue weighted by Crippen LogP contribution is -2.47. The molecule has 0 aliphatic heterocycles. The minimum atomic E-state index is -1.04. The average Bonchev–Trinajstić information content (AvgIpc) is 2.87. The molecular formula is C13H21N3O2S. The third kappa shape index (κ3) is 3.47. The van der Waals surface area contributed by atoms with Crippen molar-refractivity contribution in [2.45, 2.75) is 33.7 Å². The van der Waals surface area contributed by atoms with E-state index in [2.05, 4.69) is 10.5 Å². The molecule has 106 valence electrons. The lowest BCUT2D eigenvalue weighted by molar-refractivity contribution is -0.127. The van der Waals surface area contributed by atoms with E-state index in [0.29, 0.717) is 0 Å². The number of amidine groups is 1. The van der Waals surface area contributed by atoms with E-state index in [-0.39, 0.29) is 23.7 Å². The average molecular weight is 283 g/mol. The van der Waals surface area contributed by atoms with Gasteiger partial charge in [-0.1, -0.05) is 25.1 Å². The highest BCUT2D eigenvalue weighted by atomic mass is 32.1. The fourth-order valence-electron chi connectivity index (χ4n) is 1.60. The standard InChI is InChI=1S/C13H21N3O2S/c1-8(2)10(9-6-5-7-19-9)15-12(17)13(3,4)11(14)16-18/h5-8,10,18H,1-4H3,(H2,14,16)(H,15,17). The lowest BCUT2D eigenvalue weighted by Gasteiger charge is -2.27. The second-order valence-electron chi connectivity index (χ2n) is 5.32. The number of nitrogens with two attached hydrogens (primary N) is 1. The molecule has 1 rings (SSSR count). The van der Waals surface area contributed by atoms with Crippen molar-refractivity contribution in [3.8, 4) is 0 Å². The van der Waals surface area contributed by atoms with E-state index in [1.807, 2.05) is 31.4 Å². The Hall–Kier alpha value is -1.56. The van der Waals surface area contributed by atoms with Crippen LogP contribution in [-0.2, 0) is 4.79 Å². The largest absolute Gasteiger partial charge is 0.409 e. The van der Waals surface area contributed by atoms with Crippen LogP contribution in [0.3, 0.4) is 0 Å². The van der Waals surface area contributed by atoms with Crippen molar-refractivity contribution in [2.24, 2.45) is 22.2 Å². The maximum atomic E-state index is 12.3. The van der Waals surface area contributed by atoms with Crippen LogP contribution in [0.2, 0.25) is 0 Å². The molecule has 1 unspecified atom stereocenters. The van der Waals surface area contributed by atoms with Gasteiger partial charge in [0.15, 0.2) is 5.84 Å². The molecule has 0 bridgehead atoms. The van der Waals surface area contributed by atoms with Crippen molar-refractivity contribution in [3.63, 3.8) is 0 Å². The molecule has 0 saturated carbocycles.